The van der Waals surface area contributed by atoms with Gasteiger partial charge >= 0.3 is 0 Å². The Hall–Kier alpha value is -1.22. The van der Waals surface area contributed by atoms with E-state index in [1.807, 2.05) is 19.1 Å². The lowest BCUT2D eigenvalue weighted by Gasteiger charge is -2.16. The summed E-state index contributed by atoms with van der Waals surface area (Å²) in [6.07, 6.45) is 2.31. The summed E-state index contributed by atoms with van der Waals surface area (Å²) in [5.41, 5.74) is 1.22. The zero-order valence-corrected chi connectivity index (χ0v) is 12.0. The van der Waals surface area contributed by atoms with Gasteiger partial charge in [0.1, 0.15) is 0 Å². The zero-order chi connectivity index (χ0) is 13.4. The fourth-order valence-corrected chi connectivity index (χ4v) is 1.94. The average Bonchev–Trinajstić information content (AvgIpc) is 2.41. The second-order valence-corrected chi connectivity index (χ2v) is 4.31. The third-order valence-corrected chi connectivity index (χ3v) is 3.11. The molecular weight excluding hydrogens is 226 g/mol. The van der Waals surface area contributed by atoms with Gasteiger partial charge in [-0.2, -0.15) is 0 Å². The molecule has 18 heavy (non-hydrogen) atoms. The lowest BCUT2D eigenvalue weighted by atomic mass is 10.1. The van der Waals surface area contributed by atoms with Crippen LogP contribution < -0.4 is 14.8 Å². The van der Waals surface area contributed by atoms with Crippen molar-refractivity contribution >= 4 is 0 Å². The first-order valence-electron chi connectivity index (χ1n) is 6.78. The smallest absolute Gasteiger partial charge is 0.161 e. The predicted molar refractivity (Wildman–Crippen MR) is 75.4 cm³/mol. The predicted octanol–water partition coefficient (Wildman–Crippen LogP) is 3.37. The Bertz CT molecular complexity index is 348. The van der Waals surface area contributed by atoms with Gasteiger partial charge < -0.3 is 14.8 Å². The summed E-state index contributed by atoms with van der Waals surface area (Å²) in [7, 11) is 1.68. The molecule has 0 saturated heterocycles. The van der Waals surface area contributed by atoms with E-state index in [0.29, 0.717) is 12.6 Å². The van der Waals surface area contributed by atoms with Gasteiger partial charge in [-0.3, -0.25) is 0 Å². The summed E-state index contributed by atoms with van der Waals surface area (Å²) >= 11 is 0. The van der Waals surface area contributed by atoms with Gasteiger partial charge in [-0.15, -0.1) is 0 Å². The fraction of sp³-hybridized carbons (Fsp3) is 0.600. The molecule has 1 rings (SSSR count). The summed E-state index contributed by atoms with van der Waals surface area (Å²) in [6.45, 7) is 7.92. The lowest BCUT2D eigenvalue weighted by Crippen LogP contribution is -2.26. The summed E-state index contributed by atoms with van der Waals surface area (Å²) < 4.78 is 10.9. The molecule has 102 valence electrons. The van der Waals surface area contributed by atoms with Gasteiger partial charge in [0, 0.05) is 12.6 Å². The first kappa shape index (κ1) is 14.8. The molecule has 0 spiro atoms. The van der Waals surface area contributed by atoms with Crippen LogP contribution in [0.3, 0.4) is 0 Å². The van der Waals surface area contributed by atoms with Crippen LogP contribution in [0.15, 0.2) is 18.2 Å². The van der Waals surface area contributed by atoms with Crippen molar-refractivity contribution in [2.24, 2.45) is 0 Å². The Morgan fingerprint density at radius 3 is 2.39 bits per heavy atom. The van der Waals surface area contributed by atoms with Crippen LogP contribution in [0, 0.1) is 0 Å². The number of hydrogen-bond donors (Lipinski definition) is 1. The van der Waals surface area contributed by atoms with Gasteiger partial charge in [0.15, 0.2) is 11.5 Å². The van der Waals surface area contributed by atoms with Crippen LogP contribution in [0.5, 0.6) is 11.5 Å². The molecule has 0 aliphatic heterocycles. The van der Waals surface area contributed by atoms with Gasteiger partial charge in [-0.05, 0) is 37.5 Å². The number of methoxy groups -OCH3 is 1. The van der Waals surface area contributed by atoms with Crippen LogP contribution in [-0.2, 0) is 6.54 Å². The molecule has 0 unspecified atom stereocenters. The van der Waals surface area contributed by atoms with Gasteiger partial charge in [-0.25, -0.2) is 0 Å². The minimum atomic E-state index is 0.586. The SMILES string of the molecule is CCOc1ccc(CNC(CC)CC)cc1OC. The van der Waals surface area contributed by atoms with Crippen LogP contribution in [0.25, 0.3) is 0 Å². The molecule has 0 atom stereocenters. The molecule has 3 heteroatoms. The van der Waals surface area contributed by atoms with E-state index in [0.717, 1.165) is 30.9 Å². The van der Waals surface area contributed by atoms with Gasteiger partial charge in [0.25, 0.3) is 0 Å². The quantitative estimate of drug-likeness (QED) is 0.768. The Morgan fingerprint density at radius 1 is 1.11 bits per heavy atom. The molecule has 0 heterocycles. The highest BCUT2D eigenvalue weighted by atomic mass is 16.5. The Morgan fingerprint density at radius 2 is 1.83 bits per heavy atom. The van der Waals surface area contributed by atoms with E-state index in [9.17, 15) is 0 Å². The topological polar surface area (TPSA) is 30.5 Å². The Labute approximate surface area is 110 Å². The summed E-state index contributed by atoms with van der Waals surface area (Å²) in [6, 6.07) is 6.69. The molecule has 0 aliphatic carbocycles. The summed E-state index contributed by atoms with van der Waals surface area (Å²) in [4.78, 5) is 0. The Balaban J connectivity index is 2.67. The highest BCUT2D eigenvalue weighted by molar-refractivity contribution is 5.42. The standard InChI is InChI=1S/C15H25NO2/c1-5-13(6-2)16-11-12-8-9-14(18-7-3)15(10-12)17-4/h8-10,13,16H,5-7,11H2,1-4H3. The third kappa shape index (κ3) is 4.22. The van der Waals surface area contributed by atoms with Crippen LogP contribution in [-0.4, -0.2) is 19.8 Å². The van der Waals surface area contributed by atoms with Crippen molar-refractivity contribution in [3.8, 4) is 11.5 Å². The van der Waals surface area contributed by atoms with Crippen molar-refractivity contribution in [3.05, 3.63) is 23.8 Å². The molecular formula is C15H25NO2. The first-order valence-corrected chi connectivity index (χ1v) is 6.78. The second kappa shape index (κ2) is 7.98. The average molecular weight is 251 g/mol. The summed E-state index contributed by atoms with van der Waals surface area (Å²) in [5, 5.41) is 3.54. The molecule has 0 aromatic heterocycles. The number of rotatable bonds is 8. The van der Waals surface area contributed by atoms with Crippen molar-refractivity contribution in [1.82, 2.24) is 5.32 Å². The molecule has 1 N–H and O–H groups in total. The fourth-order valence-electron chi connectivity index (χ4n) is 1.94. The molecule has 0 amide bonds. The van der Waals surface area contributed by atoms with Crippen molar-refractivity contribution in [2.75, 3.05) is 13.7 Å². The number of ether oxygens (including phenoxy) is 2. The first-order chi connectivity index (χ1) is 8.74. The van der Waals surface area contributed by atoms with Crippen molar-refractivity contribution in [2.45, 2.75) is 46.2 Å². The molecule has 0 aliphatic rings. The van der Waals surface area contributed by atoms with Crippen molar-refractivity contribution in [3.63, 3.8) is 0 Å². The minimum Gasteiger partial charge on any atom is -0.493 e. The normalized spacial score (nSPS) is 10.7. The zero-order valence-electron chi connectivity index (χ0n) is 12.0. The van der Waals surface area contributed by atoms with Gasteiger partial charge in [-0.1, -0.05) is 19.9 Å². The maximum atomic E-state index is 5.51. The second-order valence-electron chi connectivity index (χ2n) is 4.31. The van der Waals surface area contributed by atoms with Crippen LogP contribution >= 0.6 is 0 Å². The molecule has 0 saturated carbocycles. The van der Waals surface area contributed by atoms with Gasteiger partial charge in [0.2, 0.25) is 0 Å². The number of nitrogens with one attached hydrogen (secondary N) is 1. The van der Waals surface area contributed by atoms with E-state index in [-0.39, 0.29) is 0 Å². The highest BCUT2D eigenvalue weighted by Gasteiger charge is 2.07. The van der Waals surface area contributed by atoms with Crippen LogP contribution in [0.2, 0.25) is 0 Å². The number of hydrogen-bond acceptors (Lipinski definition) is 3. The van der Waals surface area contributed by atoms with E-state index in [2.05, 4.69) is 25.2 Å². The van der Waals surface area contributed by atoms with Crippen LogP contribution in [0.4, 0.5) is 0 Å². The molecule has 0 bridgehead atoms. The highest BCUT2D eigenvalue weighted by Crippen LogP contribution is 2.28. The molecule has 3 nitrogen and oxygen atoms in total. The van der Waals surface area contributed by atoms with E-state index in [1.165, 1.54) is 5.56 Å². The maximum Gasteiger partial charge on any atom is 0.161 e. The molecule has 1 aromatic carbocycles. The van der Waals surface area contributed by atoms with E-state index < -0.39 is 0 Å². The molecule has 1 aromatic rings. The van der Waals surface area contributed by atoms with Crippen molar-refractivity contribution < 1.29 is 9.47 Å². The Kier molecular flexibility index (Phi) is 6.58. The largest absolute Gasteiger partial charge is 0.493 e. The molecule has 0 radical (unpaired) electrons. The lowest BCUT2D eigenvalue weighted by molar-refractivity contribution is 0.310. The third-order valence-electron chi connectivity index (χ3n) is 3.11. The summed E-state index contributed by atoms with van der Waals surface area (Å²) in [5.74, 6) is 1.62. The molecule has 0 fully saturated rings. The van der Waals surface area contributed by atoms with Crippen molar-refractivity contribution in [1.29, 1.82) is 0 Å². The maximum absolute atomic E-state index is 5.51. The van der Waals surface area contributed by atoms with E-state index in [4.69, 9.17) is 9.47 Å². The van der Waals surface area contributed by atoms with Gasteiger partial charge in [0.05, 0.1) is 13.7 Å². The van der Waals surface area contributed by atoms with E-state index >= 15 is 0 Å². The van der Waals surface area contributed by atoms with Crippen LogP contribution in [0.1, 0.15) is 39.2 Å². The minimum absolute atomic E-state index is 0.586. The monoisotopic (exact) mass is 251 g/mol. The number of benzene rings is 1. The van der Waals surface area contributed by atoms with E-state index in [1.54, 1.807) is 7.11 Å².